The van der Waals surface area contributed by atoms with Crippen molar-refractivity contribution in [3.63, 3.8) is 0 Å². The number of carbonyl (C=O) groups is 1. The molecule has 0 aliphatic carbocycles. The lowest BCUT2D eigenvalue weighted by atomic mass is 10.1. The van der Waals surface area contributed by atoms with Crippen molar-refractivity contribution in [3.8, 4) is 5.75 Å². The van der Waals surface area contributed by atoms with E-state index in [2.05, 4.69) is 12.2 Å². The van der Waals surface area contributed by atoms with Gasteiger partial charge in [-0.15, -0.1) is 0 Å². The number of nitrogens with one attached hydrogen (secondary N) is 1. The second-order valence-electron chi connectivity index (χ2n) is 5.64. The van der Waals surface area contributed by atoms with Gasteiger partial charge in [0.2, 0.25) is 5.91 Å². The summed E-state index contributed by atoms with van der Waals surface area (Å²) in [6.07, 6.45) is 0.977. The van der Waals surface area contributed by atoms with Gasteiger partial charge in [-0.2, -0.15) is 0 Å². The Morgan fingerprint density at radius 1 is 1.12 bits per heavy atom. The first-order chi connectivity index (χ1) is 11.6. The van der Waals surface area contributed by atoms with E-state index in [-0.39, 0.29) is 18.3 Å². The molecule has 1 amide bonds. The van der Waals surface area contributed by atoms with Crippen molar-refractivity contribution in [3.05, 3.63) is 59.9 Å². The van der Waals surface area contributed by atoms with Gasteiger partial charge >= 0.3 is 0 Å². The molecular weight excluding hydrogens is 307 g/mol. The first-order valence-corrected chi connectivity index (χ1v) is 8.02. The van der Waals surface area contributed by atoms with Crippen molar-refractivity contribution in [1.29, 1.82) is 0 Å². The summed E-state index contributed by atoms with van der Waals surface area (Å²) in [5, 5.41) is 2.88. The summed E-state index contributed by atoms with van der Waals surface area (Å²) in [6.45, 7) is 3.40. The summed E-state index contributed by atoms with van der Waals surface area (Å²) in [5.74, 6) is 0.261. The van der Waals surface area contributed by atoms with Crippen molar-refractivity contribution in [2.45, 2.75) is 13.3 Å². The van der Waals surface area contributed by atoms with Gasteiger partial charge in [0.05, 0.1) is 6.54 Å². The Kier molecular flexibility index (Phi) is 6.75. The number of ether oxygens (including phenoxy) is 1. The molecular formula is C19H23FN2O2. The zero-order valence-corrected chi connectivity index (χ0v) is 14.1. The molecule has 0 aromatic heterocycles. The standard InChI is InChI=1S/C19H23FN2O2/c1-3-15-4-8-17(9-5-15)21-19(23)14-22(2)12-13-24-18-10-6-16(20)7-11-18/h4-11H,3,12-14H2,1-2H3,(H,21,23). The lowest BCUT2D eigenvalue weighted by molar-refractivity contribution is -0.117. The molecule has 2 aromatic carbocycles. The third-order valence-electron chi connectivity index (χ3n) is 3.61. The minimum Gasteiger partial charge on any atom is -0.492 e. The highest BCUT2D eigenvalue weighted by Gasteiger charge is 2.07. The summed E-state index contributed by atoms with van der Waals surface area (Å²) >= 11 is 0. The molecule has 0 spiro atoms. The summed E-state index contributed by atoms with van der Waals surface area (Å²) in [5.41, 5.74) is 2.04. The Bertz CT molecular complexity index is 641. The maximum atomic E-state index is 12.8. The Morgan fingerprint density at radius 2 is 1.79 bits per heavy atom. The van der Waals surface area contributed by atoms with E-state index in [0.29, 0.717) is 18.9 Å². The van der Waals surface area contributed by atoms with Gasteiger partial charge in [0.25, 0.3) is 0 Å². The van der Waals surface area contributed by atoms with Gasteiger partial charge in [-0.25, -0.2) is 4.39 Å². The second kappa shape index (κ2) is 9.03. The van der Waals surface area contributed by atoms with Crippen LogP contribution in [0.15, 0.2) is 48.5 Å². The second-order valence-corrected chi connectivity index (χ2v) is 5.64. The predicted octanol–water partition coefficient (Wildman–Crippen LogP) is 3.34. The van der Waals surface area contributed by atoms with Crippen LogP contribution in [-0.4, -0.2) is 37.6 Å². The molecule has 128 valence electrons. The number of likely N-dealkylation sites (N-methyl/N-ethyl adjacent to an activating group) is 1. The largest absolute Gasteiger partial charge is 0.492 e. The van der Waals surface area contributed by atoms with Gasteiger partial charge in [0.15, 0.2) is 0 Å². The fraction of sp³-hybridized carbons (Fsp3) is 0.316. The number of rotatable bonds is 8. The summed E-state index contributed by atoms with van der Waals surface area (Å²) in [7, 11) is 1.85. The highest BCUT2D eigenvalue weighted by atomic mass is 19.1. The quantitative estimate of drug-likeness (QED) is 0.807. The fourth-order valence-electron chi connectivity index (χ4n) is 2.20. The van der Waals surface area contributed by atoms with Crippen LogP contribution in [0.4, 0.5) is 10.1 Å². The number of carbonyl (C=O) groups excluding carboxylic acids is 1. The zero-order chi connectivity index (χ0) is 17.4. The Hall–Kier alpha value is -2.40. The van der Waals surface area contributed by atoms with E-state index in [9.17, 15) is 9.18 Å². The number of benzene rings is 2. The van der Waals surface area contributed by atoms with Gasteiger partial charge < -0.3 is 10.1 Å². The SMILES string of the molecule is CCc1ccc(NC(=O)CN(C)CCOc2ccc(F)cc2)cc1. The molecule has 0 bridgehead atoms. The van der Waals surface area contributed by atoms with Gasteiger partial charge in [-0.1, -0.05) is 19.1 Å². The molecule has 0 saturated heterocycles. The van der Waals surface area contributed by atoms with E-state index in [4.69, 9.17) is 4.74 Å². The van der Waals surface area contributed by atoms with E-state index in [1.807, 2.05) is 36.2 Å². The number of halogens is 1. The average Bonchev–Trinajstić information content (AvgIpc) is 2.57. The van der Waals surface area contributed by atoms with E-state index >= 15 is 0 Å². The number of hydrogen-bond acceptors (Lipinski definition) is 3. The topological polar surface area (TPSA) is 41.6 Å². The van der Waals surface area contributed by atoms with Crippen LogP contribution in [-0.2, 0) is 11.2 Å². The minimum atomic E-state index is -0.289. The van der Waals surface area contributed by atoms with Crippen LogP contribution in [0.2, 0.25) is 0 Å². The van der Waals surface area contributed by atoms with Crippen LogP contribution >= 0.6 is 0 Å². The Balaban J connectivity index is 1.69. The molecule has 0 atom stereocenters. The van der Waals surface area contributed by atoms with E-state index in [0.717, 1.165) is 12.1 Å². The predicted molar refractivity (Wildman–Crippen MR) is 93.8 cm³/mol. The summed E-state index contributed by atoms with van der Waals surface area (Å²) < 4.78 is 18.3. The average molecular weight is 330 g/mol. The number of amides is 1. The maximum Gasteiger partial charge on any atom is 0.238 e. The molecule has 2 rings (SSSR count). The molecule has 0 saturated carbocycles. The van der Waals surface area contributed by atoms with Crippen LogP contribution in [0.25, 0.3) is 0 Å². The third-order valence-corrected chi connectivity index (χ3v) is 3.61. The third kappa shape index (κ3) is 6.01. The van der Waals surface area contributed by atoms with Gasteiger partial charge in [0, 0.05) is 12.2 Å². The van der Waals surface area contributed by atoms with Crippen LogP contribution < -0.4 is 10.1 Å². The molecule has 0 unspecified atom stereocenters. The minimum absolute atomic E-state index is 0.0662. The maximum absolute atomic E-state index is 12.8. The lowest BCUT2D eigenvalue weighted by Crippen LogP contribution is -2.33. The molecule has 0 aliphatic rings. The van der Waals surface area contributed by atoms with Crippen LogP contribution in [0.5, 0.6) is 5.75 Å². The van der Waals surface area contributed by atoms with Gasteiger partial charge in [-0.3, -0.25) is 9.69 Å². The van der Waals surface area contributed by atoms with Crippen LogP contribution in [0, 0.1) is 5.82 Å². The molecule has 4 nitrogen and oxygen atoms in total. The van der Waals surface area contributed by atoms with Crippen LogP contribution in [0.1, 0.15) is 12.5 Å². The van der Waals surface area contributed by atoms with E-state index in [1.54, 1.807) is 12.1 Å². The van der Waals surface area contributed by atoms with Crippen molar-refractivity contribution in [1.82, 2.24) is 4.90 Å². The molecule has 0 heterocycles. The van der Waals surface area contributed by atoms with Crippen molar-refractivity contribution < 1.29 is 13.9 Å². The molecule has 0 aliphatic heterocycles. The molecule has 1 N–H and O–H groups in total. The number of hydrogen-bond donors (Lipinski definition) is 1. The highest BCUT2D eigenvalue weighted by Crippen LogP contribution is 2.11. The van der Waals surface area contributed by atoms with E-state index in [1.165, 1.54) is 17.7 Å². The smallest absolute Gasteiger partial charge is 0.238 e. The first kappa shape index (κ1) is 17.9. The number of aryl methyl sites for hydroxylation is 1. The van der Waals surface area contributed by atoms with Crippen LogP contribution in [0.3, 0.4) is 0 Å². The van der Waals surface area contributed by atoms with Gasteiger partial charge in [0.1, 0.15) is 18.2 Å². The fourth-order valence-corrected chi connectivity index (χ4v) is 2.20. The zero-order valence-electron chi connectivity index (χ0n) is 14.1. The highest BCUT2D eigenvalue weighted by molar-refractivity contribution is 5.92. The Morgan fingerprint density at radius 3 is 2.42 bits per heavy atom. The number of nitrogens with zero attached hydrogens (tertiary/aromatic N) is 1. The van der Waals surface area contributed by atoms with Gasteiger partial charge in [-0.05, 0) is 55.4 Å². The first-order valence-electron chi connectivity index (χ1n) is 8.02. The molecule has 24 heavy (non-hydrogen) atoms. The van der Waals surface area contributed by atoms with Crippen molar-refractivity contribution >= 4 is 11.6 Å². The summed E-state index contributed by atoms with van der Waals surface area (Å²) in [6, 6.07) is 13.7. The van der Waals surface area contributed by atoms with Crippen molar-refractivity contribution in [2.75, 3.05) is 32.1 Å². The number of anilines is 1. The summed E-state index contributed by atoms with van der Waals surface area (Å²) in [4.78, 5) is 13.9. The normalized spacial score (nSPS) is 10.7. The molecule has 5 heteroatoms. The molecule has 2 aromatic rings. The van der Waals surface area contributed by atoms with E-state index < -0.39 is 0 Å². The Labute approximate surface area is 142 Å². The lowest BCUT2D eigenvalue weighted by Gasteiger charge is -2.16. The monoisotopic (exact) mass is 330 g/mol. The molecule has 0 radical (unpaired) electrons. The molecule has 0 fully saturated rings. The van der Waals surface area contributed by atoms with Crippen molar-refractivity contribution in [2.24, 2.45) is 0 Å².